The Morgan fingerprint density at radius 2 is 1.73 bits per heavy atom. The van der Waals surface area contributed by atoms with E-state index in [1.807, 2.05) is 45.0 Å². The Morgan fingerprint density at radius 1 is 1.12 bits per heavy atom. The van der Waals surface area contributed by atoms with Gasteiger partial charge < -0.3 is 10.2 Å². The van der Waals surface area contributed by atoms with Gasteiger partial charge >= 0.3 is 0 Å². The highest BCUT2D eigenvalue weighted by molar-refractivity contribution is 6.02. The van der Waals surface area contributed by atoms with E-state index in [0.29, 0.717) is 6.42 Å². The third-order valence-electron chi connectivity index (χ3n) is 5.98. The minimum absolute atomic E-state index is 0.000346. The van der Waals surface area contributed by atoms with Crippen molar-refractivity contribution in [3.8, 4) is 0 Å². The Kier molecular flexibility index (Phi) is 5.69. The number of carbonyl (C=O) groups is 2. The average molecular weight is 357 g/mol. The molecular weight excluding hydrogens is 324 g/mol. The summed E-state index contributed by atoms with van der Waals surface area (Å²) >= 11 is 0. The van der Waals surface area contributed by atoms with Gasteiger partial charge in [0.2, 0.25) is 5.91 Å². The first-order chi connectivity index (χ1) is 12.4. The van der Waals surface area contributed by atoms with Gasteiger partial charge in [0, 0.05) is 24.1 Å². The van der Waals surface area contributed by atoms with Gasteiger partial charge in [-0.2, -0.15) is 0 Å². The number of carbonyl (C=O) groups excluding carboxylic acids is 2. The predicted molar refractivity (Wildman–Crippen MR) is 104 cm³/mol. The van der Waals surface area contributed by atoms with Crippen molar-refractivity contribution in [2.24, 2.45) is 0 Å². The van der Waals surface area contributed by atoms with Gasteiger partial charge in [0.05, 0.1) is 0 Å². The lowest BCUT2D eigenvalue weighted by Crippen LogP contribution is -2.65. The monoisotopic (exact) mass is 356 g/mol. The molecule has 0 bridgehead atoms. The first-order valence-corrected chi connectivity index (χ1v) is 10.2. The number of fused-ring (bicyclic) bond motifs is 1. The number of rotatable bonds is 3. The standard InChI is InChI=1S/C22H32N2O2/c1-16(2)24-20(25)19-14-10-9-11-17(19)15-22(24,3)21(26)23-18-12-7-5-4-6-8-13-18/h9-11,14,16,18H,4-8,12-13,15H2,1-3H3,(H,23,26). The van der Waals surface area contributed by atoms with Gasteiger partial charge in [0.1, 0.15) is 5.54 Å². The Morgan fingerprint density at radius 3 is 2.38 bits per heavy atom. The molecule has 4 heteroatoms. The molecule has 0 spiro atoms. The van der Waals surface area contributed by atoms with Crippen molar-refractivity contribution in [2.45, 2.75) is 89.8 Å². The number of benzene rings is 1. The fraction of sp³-hybridized carbons (Fsp3) is 0.636. The van der Waals surface area contributed by atoms with E-state index < -0.39 is 5.54 Å². The quantitative estimate of drug-likeness (QED) is 0.887. The molecule has 2 amide bonds. The third kappa shape index (κ3) is 3.65. The number of nitrogens with zero attached hydrogens (tertiary/aromatic N) is 1. The third-order valence-corrected chi connectivity index (χ3v) is 5.98. The minimum Gasteiger partial charge on any atom is -0.351 e. The maximum Gasteiger partial charge on any atom is 0.255 e. The summed E-state index contributed by atoms with van der Waals surface area (Å²) in [5.74, 6) is -0.0307. The van der Waals surface area contributed by atoms with Crippen LogP contribution in [0.1, 0.15) is 81.6 Å². The van der Waals surface area contributed by atoms with Gasteiger partial charge in [-0.25, -0.2) is 0 Å². The van der Waals surface area contributed by atoms with Crippen LogP contribution in [-0.2, 0) is 11.2 Å². The molecule has 0 saturated heterocycles. The van der Waals surface area contributed by atoms with Gasteiger partial charge in [0.15, 0.2) is 0 Å². The van der Waals surface area contributed by atoms with E-state index in [4.69, 9.17) is 0 Å². The second-order valence-corrected chi connectivity index (χ2v) is 8.39. The first-order valence-electron chi connectivity index (χ1n) is 10.2. The molecule has 0 radical (unpaired) electrons. The van der Waals surface area contributed by atoms with Crippen LogP contribution in [0.5, 0.6) is 0 Å². The molecule has 2 aliphatic rings. The molecule has 1 unspecified atom stereocenters. The Labute approximate surface area is 157 Å². The van der Waals surface area contributed by atoms with Gasteiger partial charge in [-0.15, -0.1) is 0 Å². The maximum absolute atomic E-state index is 13.4. The van der Waals surface area contributed by atoms with Crippen LogP contribution in [0.3, 0.4) is 0 Å². The van der Waals surface area contributed by atoms with Gasteiger partial charge in [-0.05, 0) is 45.2 Å². The van der Waals surface area contributed by atoms with Gasteiger partial charge in [-0.1, -0.05) is 50.3 Å². The van der Waals surface area contributed by atoms with Crippen LogP contribution in [0.25, 0.3) is 0 Å². The summed E-state index contributed by atoms with van der Waals surface area (Å²) < 4.78 is 0. The molecule has 1 saturated carbocycles. The molecule has 1 heterocycles. The second kappa shape index (κ2) is 7.81. The molecule has 26 heavy (non-hydrogen) atoms. The number of hydrogen-bond donors (Lipinski definition) is 1. The summed E-state index contributed by atoms with van der Waals surface area (Å²) in [6.45, 7) is 5.92. The van der Waals surface area contributed by atoms with Crippen molar-refractivity contribution >= 4 is 11.8 Å². The molecule has 1 aromatic carbocycles. The maximum atomic E-state index is 13.4. The molecule has 1 N–H and O–H groups in total. The molecule has 1 atom stereocenters. The molecule has 142 valence electrons. The summed E-state index contributed by atoms with van der Waals surface area (Å²) in [5.41, 5.74) is 0.879. The molecule has 1 aliphatic heterocycles. The largest absolute Gasteiger partial charge is 0.351 e. The molecule has 1 aliphatic carbocycles. The van der Waals surface area contributed by atoms with Crippen molar-refractivity contribution in [3.05, 3.63) is 35.4 Å². The number of hydrogen-bond acceptors (Lipinski definition) is 2. The van der Waals surface area contributed by atoms with Crippen LogP contribution in [-0.4, -0.2) is 34.3 Å². The van der Waals surface area contributed by atoms with Crippen LogP contribution in [0.15, 0.2) is 24.3 Å². The lowest BCUT2D eigenvalue weighted by atomic mass is 9.81. The molecule has 1 fully saturated rings. The Balaban J connectivity index is 1.85. The SMILES string of the molecule is CC(C)N1C(=O)c2ccccc2CC1(C)C(=O)NC1CCCCCCC1. The van der Waals surface area contributed by atoms with Crippen LogP contribution >= 0.6 is 0 Å². The fourth-order valence-electron chi connectivity index (χ4n) is 4.63. The van der Waals surface area contributed by atoms with E-state index in [1.165, 1.54) is 32.1 Å². The predicted octanol–water partition coefficient (Wildman–Crippen LogP) is 4.08. The van der Waals surface area contributed by atoms with Crippen LogP contribution < -0.4 is 5.32 Å². The van der Waals surface area contributed by atoms with E-state index >= 15 is 0 Å². The van der Waals surface area contributed by atoms with Crippen LogP contribution in [0.4, 0.5) is 0 Å². The van der Waals surface area contributed by atoms with E-state index in [2.05, 4.69) is 5.32 Å². The Bertz CT molecular complexity index is 662. The summed E-state index contributed by atoms with van der Waals surface area (Å²) in [6, 6.07) is 7.91. The van der Waals surface area contributed by atoms with Crippen molar-refractivity contribution in [1.82, 2.24) is 10.2 Å². The highest BCUT2D eigenvalue weighted by Crippen LogP contribution is 2.33. The van der Waals surface area contributed by atoms with Gasteiger partial charge in [-0.3, -0.25) is 9.59 Å². The summed E-state index contributed by atoms with van der Waals surface area (Å²) in [6.07, 6.45) is 8.86. The molecular formula is C22H32N2O2. The van der Waals surface area contributed by atoms with E-state index in [9.17, 15) is 9.59 Å². The molecule has 3 rings (SSSR count). The molecule has 4 nitrogen and oxygen atoms in total. The lowest BCUT2D eigenvalue weighted by Gasteiger charge is -2.46. The zero-order valence-corrected chi connectivity index (χ0v) is 16.4. The van der Waals surface area contributed by atoms with Crippen molar-refractivity contribution in [1.29, 1.82) is 0 Å². The minimum atomic E-state index is -0.831. The number of nitrogens with one attached hydrogen (secondary N) is 1. The molecule has 1 aromatic rings. The van der Waals surface area contributed by atoms with Crippen LogP contribution in [0.2, 0.25) is 0 Å². The zero-order chi connectivity index (χ0) is 18.7. The normalized spacial score (nSPS) is 24.8. The first kappa shape index (κ1) is 18.9. The Hall–Kier alpha value is -1.84. The second-order valence-electron chi connectivity index (χ2n) is 8.39. The highest BCUT2D eigenvalue weighted by Gasteiger charge is 2.48. The lowest BCUT2D eigenvalue weighted by molar-refractivity contribution is -0.133. The molecule has 0 aromatic heterocycles. The average Bonchev–Trinajstić information content (AvgIpc) is 2.56. The smallest absolute Gasteiger partial charge is 0.255 e. The van der Waals surface area contributed by atoms with E-state index in [-0.39, 0.29) is 23.9 Å². The van der Waals surface area contributed by atoms with Crippen LogP contribution in [0, 0.1) is 0 Å². The van der Waals surface area contributed by atoms with Crippen molar-refractivity contribution in [3.63, 3.8) is 0 Å². The summed E-state index contributed by atoms with van der Waals surface area (Å²) in [4.78, 5) is 28.3. The summed E-state index contributed by atoms with van der Waals surface area (Å²) in [7, 11) is 0. The van der Waals surface area contributed by atoms with Gasteiger partial charge in [0.25, 0.3) is 5.91 Å². The van der Waals surface area contributed by atoms with Crippen molar-refractivity contribution < 1.29 is 9.59 Å². The van der Waals surface area contributed by atoms with E-state index in [0.717, 1.165) is 24.0 Å². The fourth-order valence-corrected chi connectivity index (χ4v) is 4.63. The topological polar surface area (TPSA) is 49.4 Å². The zero-order valence-electron chi connectivity index (χ0n) is 16.4. The summed E-state index contributed by atoms with van der Waals surface area (Å²) in [5, 5.41) is 3.30. The van der Waals surface area contributed by atoms with E-state index in [1.54, 1.807) is 4.90 Å². The van der Waals surface area contributed by atoms with Crippen molar-refractivity contribution in [2.75, 3.05) is 0 Å². The highest BCUT2D eigenvalue weighted by atomic mass is 16.2. The number of amides is 2.